The van der Waals surface area contributed by atoms with Crippen molar-refractivity contribution in [1.82, 2.24) is 19.8 Å². The van der Waals surface area contributed by atoms with Gasteiger partial charge in [-0.1, -0.05) is 45.0 Å². The van der Waals surface area contributed by atoms with E-state index < -0.39 is 20.0 Å². The van der Waals surface area contributed by atoms with E-state index in [2.05, 4.69) is 43.8 Å². The lowest BCUT2D eigenvalue weighted by atomic mass is 10.0. The zero-order valence-corrected chi connectivity index (χ0v) is 31.2. The van der Waals surface area contributed by atoms with Gasteiger partial charge in [-0.3, -0.25) is 24.5 Å². The second-order valence-corrected chi connectivity index (χ2v) is 20.2. The van der Waals surface area contributed by atoms with E-state index in [0.29, 0.717) is 30.6 Å². The van der Waals surface area contributed by atoms with Crippen molar-refractivity contribution < 1.29 is 23.5 Å². The van der Waals surface area contributed by atoms with Crippen molar-refractivity contribution in [3.63, 3.8) is 0 Å². The number of carbonyl (C=O) groups is 3. The molecule has 3 unspecified atom stereocenters. The highest BCUT2D eigenvalue weighted by atomic mass is 28.4. The van der Waals surface area contributed by atoms with Crippen molar-refractivity contribution in [2.75, 3.05) is 7.05 Å². The van der Waals surface area contributed by atoms with Crippen molar-refractivity contribution in [1.29, 1.82) is 0 Å². The average Bonchev–Trinajstić information content (AvgIpc) is 3.42. The van der Waals surface area contributed by atoms with Gasteiger partial charge < -0.3 is 14.1 Å². The van der Waals surface area contributed by atoms with Crippen molar-refractivity contribution in [3.05, 3.63) is 95.1 Å². The summed E-state index contributed by atoms with van der Waals surface area (Å²) < 4.78 is 13.1. The molecule has 0 radical (unpaired) electrons. The van der Waals surface area contributed by atoms with Gasteiger partial charge in [0.2, 0.25) is 0 Å². The van der Waals surface area contributed by atoms with Gasteiger partial charge in [0.15, 0.2) is 14.1 Å². The molecule has 1 aliphatic heterocycles. The minimum Gasteiger partial charge on any atom is -0.444 e. The third-order valence-corrected chi connectivity index (χ3v) is 13.8. The summed E-state index contributed by atoms with van der Waals surface area (Å²) in [6.45, 7) is 18.6. The van der Waals surface area contributed by atoms with Gasteiger partial charge in [-0.25, -0.2) is 4.79 Å². The number of Topliss-reactive ketones (excluding diaryl/α,β-unsaturated/α-hetero) is 1. The molecule has 0 spiro atoms. The number of ketones is 1. The Hall–Kier alpha value is -3.89. The first-order chi connectivity index (χ1) is 22.4. The number of nitrogens with zero attached hydrogens (tertiary/aromatic N) is 4. The van der Waals surface area contributed by atoms with E-state index in [4.69, 9.17) is 9.16 Å². The molecule has 9 nitrogen and oxygen atoms in total. The smallest absolute Gasteiger partial charge is 0.410 e. The molecule has 1 fully saturated rings. The number of carbonyl (C=O) groups excluding carboxylic acids is 3. The fraction of sp³-hybridized carbons (Fsp3) is 0.500. The SMILES string of the molecule is CC(=O)c1ccc(C(O[Si](C)(C)C(C)(C)C)C2CCC(Cc3ccc(C(=O)N(C)Cc4cccnc4)cc3)N2C(=O)OC(C)(C)C)cn1. The van der Waals surface area contributed by atoms with Crippen LogP contribution in [0.2, 0.25) is 18.1 Å². The van der Waals surface area contributed by atoms with E-state index in [0.717, 1.165) is 23.1 Å². The van der Waals surface area contributed by atoms with Gasteiger partial charge in [-0.15, -0.1) is 0 Å². The number of pyridine rings is 2. The number of hydrogen-bond donors (Lipinski definition) is 0. The van der Waals surface area contributed by atoms with E-state index in [1.807, 2.05) is 68.1 Å². The number of ether oxygens (including phenoxy) is 1. The molecule has 3 atom stereocenters. The van der Waals surface area contributed by atoms with Gasteiger partial charge in [0.05, 0.1) is 12.1 Å². The van der Waals surface area contributed by atoms with Crippen LogP contribution in [0.1, 0.15) is 105 Å². The monoisotopic (exact) mass is 672 g/mol. The Morgan fingerprint density at radius 2 is 1.65 bits per heavy atom. The van der Waals surface area contributed by atoms with Crippen LogP contribution >= 0.6 is 0 Å². The Morgan fingerprint density at radius 3 is 2.19 bits per heavy atom. The van der Waals surface area contributed by atoms with E-state index in [9.17, 15) is 14.4 Å². The predicted octanol–water partition coefficient (Wildman–Crippen LogP) is 8.03. The first-order valence-electron chi connectivity index (χ1n) is 16.8. The molecule has 1 aliphatic rings. The third-order valence-electron chi connectivity index (χ3n) is 9.36. The van der Waals surface area contributed by atoms with Crippen LogP contribution in [0.5, 0.6) is 0 Å². The molecule has 1 aromatic carbocycles. The van der Waals surface area contributed by atoms with E-state index in [-0.39, 0.29) is 34.9 Å². The second-order valence-electron chi connectivity index (χ2n) is 15.4. The molecule has 2 aromatic heterocycles. The highest BCUT2D eigenvalue weighted by Crippen LogP contribution is 2.44. The number of aromatic nitrogens is 2. The zero-order valence-electron chi connectivity index (χ0n) is 30.2. The molecular weight excluding hydrogens is 621 g/mol. The average molecular weight is 673 g/mol. The molecule has 258 valence electrons. The maximum Gasteiger partial charge on any atom is 0.410 e. The van der Waals surface area contributed by atoms with E-state index in [1.165, 1.54) is 6.92 Å². The van der Waals surface area contributed by atoms with Crippen LogP contribution in [0.25, 0.3) is 0 Å². The third kappa shape index (κ3) is 9.17. The van der Waals surface area contributed by atoms with Crippen molar-refractivity contribution in [2.24, 2.45) is 0 Å². The van der Waals surface area contributed by atoms with Crippen LogP contribution in [-0.4, -0.2) is 70.6 Å². The Balaban J connectivity index is 1.62. The molecule has 2 amide bonds. The molecule has 10 heteroatoms. The summed E-state index contributed by atoms with van der Waals surface area (Å²) in [5.74, 6) is -0.177. The Labute approximate surface area is 287 Å². The first-order valence-corrected chi connectivity index (χ1v) is 19.7. The summed E-state index contributed by atoms with van der Waals surface area (Å²) in [4.78, 5) is 51.4. The van der Waals surface area contributed by atoms with Crippen LogP contribution < -0.4 is 0 Å². The standard InChI is InChI=1S/C38H52N4O5Si/c1-26(43)32-19-17-30(24-40-32)34(47-48(9,10)38(5,6)7)33-20-18-31(42(33)36(45)46-37(2,3)4)22-27-13-15-29(16-14-27)35(44)41(8)25-28-12-11-21-39-23-28/h11-17,19,21,23-24,31,33-34H,18,20,22,25H2,1-10H3. The number of rotatable bonds is 10. The summed E-state index contributed by atoms with van der Waals surface area (Å²) in [6, 6.07) is 14.7. The molecule has 1 saturated heterocycles. The number of likely N-dealkylation sites (tertiary alicyclic amines) is 1. The summed E-state index contributed by atoms with van der Waals surface area (Å²) in [5.41, 5.74) is 3.13. The molecule has 3 heterocycles. The molecule has 3 aromatic rings. The fourth-order valence-electron chi connectivity index (χ4n) is 5.77. The quantitative estimate of drug-likeness (QED) is 0.159. The minimum atomic E-state index is -2.33. The van der Waals surface area contributed by atoms with Gasteiger partial charge >= 0.3 is 6.09 Å². The van der Waals surface area contributed by atoms with Gasteiger partial charge in [-0.2, -0.15) is 0 Å². The van der Waals surface area contributed by atoms with Crippen LogP contribution in [0.3, 0.4) is 0 Å². The fourth-order valence-corrected chi connectivity index (χ4v) is 7.05. The van der Waals surface area contributed by atoms with Crippen molar-refractivity contribution >= 4 is 26.1 Å². The van der Waals surface area contributed by atoms with Crippen LogP contribution in [0.4, 0.5) is 4.79 Å². The van der Waals surface area contributed by atoms with Crippen LogP contribution in [0, 0.1) is 0 Å². The van der Waals surface area contributed by atoms with Crippen molar-refractivity contribution in [3.8, 4) is 0 Å². The molecule has 0 aliphatic carbocycles. The van der Waals surface area contributed by atoms with Gasteiger partial charge in [-0.05, 0) is 99.1 Å². The first kappa shape index (κ1) is 36.9. The lowest BCUT2D eigenvalue weighted by Crippen LogP contribution is -2.50. The number of benzene rings is 1. The Bertz CT molecular complexity index is 1560. The molecule has 4 rings (SSSR count). The summed E-state index contributed by atoms with van der Waals surface area (Å²) in [7, 11) is -0.542. The van der Waals surface area contributed by atoms with E-state index >= 15 is 0 Å². The second kappa shape index (κ2) is 14.7. The normalized spacial score (nSPS) is 17.6. The molecule has 48 heavy (non-hydrogen) atoms. The summed E-state index contributed by atoms with van der Waals surface area (Å²) in [6.07, 6.45) is 6.44. The van der Waals surface area contributed by atoms with Crippen LogP contribution in [-0.2, 0) is 22.1 Å². The lowest BCUT2D eigenvalue weighted by molar-refractivity contribution is -0.00244. The Morgan fingerprint density at radius 1 is 0.958 bits per heavy atom. The highest BCUT2D eigenvalue weighted by molar-refractivity contribution is 6.74. The predicted molar refractivity (Wildman–Crippen MR) is 190 cm³/mol. The van der Waals surface area contributed by atoms with E-state index in [1.54, 1.807) is 36.6 Å². The maximum atomic E-state index is 14.0. The molecule has 0 N–H and O–H groups in total. The lowest BCUT2D eigenvalue weighted by Gasteiger charge is -2.43. The van der Waals surface area contributed by atoms with Crippen molar-refractivity contribution in [2.45, 2.75) is 116 Å². The topological polar surface area (TPSA) is 102 Å². The summed E-state index contributed by atoms with van der Waals surface area (Å²) >= 11 is 0. The summed E-state index contributed by atoms with van der Waals surface area (Å²) in [5, 5.41) is -0.0714. The highest BCUT2D eigenvalue weighted by Gasteiger charge is 2.48. The number of amides is 2. The Kier molecular flexibility index (Phi) is 11.3. The largest absolute Gasteiger partial charge is 0.444 e. The van der Waals surface area contributed by atoms with Gasteiger partial charge in [0.1, 0.15) is 11.3 Å². The molecule has 0 bridgehead atoms. The molecule has 0 saturated carbocycles. The van der Waals surface area contributed by atoms with Crippen LogP contribution in [0.15, 0.2) is 67.1 Å². The van der Waals surface area contributed by atoms with Gasteiger partial charge in [0, 0.05) is 50.7 Å². The number of hydrogen-bond acceptors (Lipinski definition) is 7. The zero-order chi connectivity index (χ0) is 35.4. The van der Waals surface area contributed by atoms with Gasteiger partial charge in [0.25, 0.3) is 5.91 Å². The maximum absolute atomic E-state index is 14.0. The minimum absolute atomic E-state index is 0.0714. The molecular formula is C38H52N4O5Si.